The summed E-state index contributed by atoms with van der Waals surface area (Å²) in [7, 11) is 0. The highest BCUT2D eigenvalue weighted by Crippen LogP contribution is 2.56. The van der Waals surface area contributed by atoms with Crippen molar-refractivity contribution in [3.05, 3.63) is 22.4 Å². The van der Waals surface area contributed by atoms with E-state index in [0.29, 0.717) is 5.41 Å². The van der Waals surface area contributed by atoms with Crippen molar-refractivity contribution in [2.45, 2.75) is 45.2 Å². The summed E-state index contributed by atoms with van der Waals surface area (Å²) in [5.41, 5.74) is 2.21. The molecule has 1 aliphatic heterocycles. The summed E-state index contributed by atoms with van der Waals surface area (Å²) in [6, 6.07) is 3.18. The van der Waals surface area contributed by atoms with Crippen LogP contribution >= 0.6 is 11.3 Å². The van der Waals surface area contributed by atoms with E-state index >= 15 is 0 Å². The van der Waals surface area contributed by atoms with Crippen LogP contribution < -0.4 is 5.32 Å². The first-order chi connectivity index (χ1) is 9.77. The maximum atomic E-state index is 3.53. The summed E-state index contributed by atoms with van der Waals surface area (Å²) in [6.45, 7) is 7.43. The summed E-state index contributed by atoms with van der Waals surface area (Å²) in [4.78, 5) is 2.83. The van der Waals surface area contributed by atoms with E-state index < -0.39 is 0 Å². The minimum Gasteiger partial charge on any atom is -0.317 e. The van der Waals surface area contributed by atoms with Crippen molar-refractivity contribution in [1.82, 2.24) is 10.2 Å². The predicted octanol–water partition coefficient (Wildman–Crippen LogP) is 3.35. The molecule has 2 nitrogen and oxygen atoms in total. The van der Waals surface area contributed by atoms with Crippen LogP contribution in [0.5, 0.6) is 0 Å². The number of rotatable bonds is 5. The van der Waals surface area contributed by atoms with Crippen LogP contribution in [0.3, 0.4) is 0 Å². The van der Waals surface area contributed by atoms with E-state index in [2.05, 4.69) is 34.0 Å². The van der Waals surface area contributed by atoms with Gasteiger partial charge in [-0.3, -0.25) is 4.90 Å². The minimum absolute atomic E-state index is 0.680. The summed E-state index contributed by atoms with van der Waals surface area (Å²) < 4.78 is 0. The smallest absolute Gasteiger partial charge is 0.0245 e. The monoisotopic (exact) mass is 290 g/mol. The minimum atomic E-state index is 0.680. The fraction of sp³-hybridized carbons (Fsp3) is 0.765. The highest BCUT2D eigenvalue weighted by Gasteiger charge is 2.57. The lowest BCUT2D eigenvalue weighted by atomic mass is 9.93. The molecule has 0 amide bonds. The van der Waals surface area contributed by atoms with Crippen LogP contribution in [0.15, 0.2) is 16.8 Å². The average Bonchev–Trinajstić information content (AvgIpc) is 3.25. The van der Waals surface area contributed by atoms with Gasteiger partial charge in [-0.2, -0.15) is 11.3 Å². The maximum Gasteiger partial charge on any atom is 0.0245 e. The van der Waals surface area contributed by atoms with Gasteiger partial charge >= 0.3 is 0 Å². The molecule has 0 aromatic carbocycles. The Morgan fingerprint density at radius 2 is 2.20 bits per heavy atom. The van der Waals surface area contributed by atoms with E-state index in [1.54, 1.807) is 0 Å². The lowest BCUT2D eigenvalue weighted by Gasteiger charge is -2.29. The zero-order valence-electron chi connectivity index (χ0n) is 12.5. The van der Waals surface area contributed by atoms with Crippen LogP contribution in [0.1, 0.15) is 38.2 Å². The van der Waals surface area contributed by atoms with Gasteiger partial charge in [-0.05, 0) is 78.4 Å². The van der Waals surface area contributed by atoms with Gasteiger partial charge in [-0.25, -0.2) is 0 Å². The first-order valence-corrected chi connectivity index (χ1v) is 9.17. The molecule has 0 radical (unpaired) electrons. The molecule has 1 N–H and O–H groups in total. The molecule has 1 aromatic rings. The Kier molecular flexibility index (Phi) is 3.40. The average molecular weight is 290 g/mol. The highest BCUT2D eigenvalue weighted by atomic mass is 32.1. The van der Waals surface area contributed by atoms with Gasteiger partial charge in [0.15, 0.2) is 0 Å². The molecule has 110 valence electrons. The van der Waals surface area contributed by atoms with Crippen molar-refractivity contribution in [3.8, 4) is 0 Å². The topological polar surface area (TPSA) is 15.3 Å². The molecule has 3 fully saturated rings. The molecular formula is C17H26N2S. The molecule has 3 atom stereocenters. The SMILES string of the molecule is CC1CC1CN(Cc1ccsc1)C1CC12CCNCC2. The Morgan fingerprint density at radius 3 is 2.85 bits per heavy atom. The van der Waals surface area contributed by atoms with Gasteiger partial charge in [-0.15, -0.1) is 0 Å². The van der Waals surface area contributed by atoms with Crippen LogP contribution in [0.2, 0.25) is 0 Å². The van der Waals surface area contributed by atoms with Crippen molar-refractivity contribution < 1.29 is 0 Å². The lowest BCUT2D eigenvalue weighted by molar-refractivity contribution is 0.186. The van der Waals surface area contributed by atoms with E-state index in [9.17, 15) is 0 Å². The quantitative estimate of drug-likeness (QED) is 0.894. The normalized spacial score (nSPS) is 34.6. The van der Waals surface area contributed by atoms with Crippen molar-refractivity contribution in [2.24, 2.45) is 17.3 Å². The third-order valence-corrected chi connectivity index (χ3v) is 6.63. The number of hydrogen-bond acceptors (Lipinski definition) is 3. The molecule has 2 heterocycles. The Morgan fingerprint density at radius 1 is 1.40 bits per heavy atom. The number of piperidine rings is 1. The number of nitrogens with zero attached hydrogens (tertiary/aromatic N) is 1. The van der Waals surface area contributed by atoms with E-state index in [0.717, 1.165) is 17.9 Å². The van der Waals surface area contributed by atoms with Crippen LogP contribution in [0.4, 0.5) is 0 Å². The lowest BCUT2D eigenvalue weighted by Crippen LogP contribution is -2.37. The van der Waals surface area contributed by atoms with Gasteiger partial charge in [0.2, 0.25) is 0 Å². The molecular weight excluding hydrogens is 264 g/mol. The van der Waals surface area contributed by atoms with Gasteiger partial charge in [-0.1, -0.05) is 6.92 Å². The number of thiophene rings is 1. The van der Waals surface area contributed by atoms with E-state index in [1.165, 1.54) is 57.4 Å². The second-order valence-corrected chi connectivity index (χ2v) is 8.15. The first kappa shape index (κ1) is 13.3. The van der Waals surface area contributed by atoms with Gasteiger partial charge in [0.25, 0.3) is 0 Å². The van der Waals surface area contributed by atoms with Crippen LogP contribution in [-0.4, -0.2) is 30.6 Å². The molecule has 1 spiro atoms. The van der Waals surface area contributed by atoms with Crippen LogP contribution in [0.25, 0.3) is 0 Å². The van der Waals surface area contributed by atoms with Crippen LogP contribution in [-0.2, 0) is 6.54 Å². The van der Waals surface area contributed by atoms with E-state index in [1.807, 2.05) is 11.3 Å². The second kappa shape index (κ2) is 5.11. The summed E-state index contributed by atoms with van der Waals surface area (Å²) in [6.07, 6.45) is 5.72. The maximum absolute atomic E-state index is 3.53. The molecule has 4 rings (SSSR count). The molecule has 3 unspecified atom stereocenters. The Balaban J connectivity index is 1.44. The van der Waals surface area contributed by atoms with E-state index in [4.69, 9.17) is 0 Å². The van der Waals surface area contributed by atoms with Gasteiger partial charge in [0.1, 0.15) is 0 Å². The Bertz CT molecular complexity index is 450. The molecule has 20 heavy (non-hydrogen) atoms. The van der Waals surface area contributed by atoms with Crippen molar-refractivity contribution in [2.75, 3.05) is 19.6 Å². The van der Waals surface area contributed by atoms with Crippen molar-refractivity contribution in [3.63, 3.8) is 0 Å². The standard InChI is InChI=1S/C17H26N2S/c1-13-8-15(13)11-19(10-14-2-7-20-12-14)16-9-17(16)3-5-18-6-4-17/h2,7,12-13,15-16,18H,3-6,8-11H2,1H3. The Hall–Kier alpha value is -0.380. The third-order valence-electron chi connectivity index (χ3n) is 5.90. The summed E-state index contributed by atoms with van der Waals surface area (Å²) in [5, 5.41) is 8.09. The third kappa shape index (κ3) is 2.56. The van der Waals surface area contributed by atoms with Gasteiger partial charge in [0, 0.05) is 19.1 Å². The van der Waals surface area contributed by atoms with Crippen molar-refractivity contribution in [1.29, 1.82) is 0 Å². The molecule has 3 heteroatoms. The molecule has 3 aliphatic rings. The Labute approximate surface area is 126 Å². The molecule has 1 aromatic heterocycles. The number of nitrogens with one attached hydrogen (secondary N) is 1. The summed E-state index contributed by atoms with van der Waals surface area (Å²) in [5.74, 6) is 1.95. The predicted molar refractivity (Wildman–Crippen MR) is 84.9 cm³/mol. The first-order valence-electron chi connectivity index (χ1n) is 8.23. The van der Waals surface area contributed by atoms with E-state index in [-0.39, 0.29) is 0 Å². The number of hydrogen-bond donors (Lipinski definition) is 1. The molecule has 2 saturated carbocycles. The largest absolute Gasteiger partial charge is 0.317 e. The van der Waals surface area contributed by atoms with Crippen molar-refractivity contribution >= 4 is 11.3 Å². The molecule has 0 bridgehead atoms. The zero-order valence-corrected chi connectivity index (χ0v) is 13.3. The second-order valence-electron chi connectivity index (χ2n) is 7.37. The molecule has 1 saturated heterocycles. The fourth-order valence-corrected chi connectivity index (χ4v) is 4.84. The fourth-order valence-electron chi connectivity index (χ4n) is 4.18. The highest BCUT2D eigenvalue weighted by molar-refractivity contribution is 7.07. The van der Waals surface area contributed by atoms with Gasteiger partial charge < -0.3 is 5.32 Å². The summed E-state index contributed by atoms with van der Waals surface area (Å²) >= 11 is 1.84. The van der Waals surface area contributed by atoms with Gasteiger partial charge in [0.05, 0.1) is 0 Å². The molecule has 2 aliphatic carbocycles. The zero-order chi connectivity index (χ0) is 13.6. The van der Waals surface area contributed by atoms with Crippen LogP contribution in [0, 0.1) is 17.3 Å².